The van der Waals surface area contributed by atoms with Gasteiger partial charge in [-0.25, -0.2) is 9.59 Å². The summed E-state index contributed by atoms with van der Waals surface area (Å²) in [5.41, 5.74) is 1.00. The van der Waals surface area contributed by atoms with Gasteiger partial charge in [0.2, 0.25) is 0 Å². The van der Waals surface area contributed by atoms with Crippen molar-refractivity contribution in [1.82, 2.24) is 0 Å². The molecule has 1 aromatic rings. The summed E-state index contributed by atoms with van der Waals surface area (Å²) in [6.45, 7) is 10.8. The predicted molar refractivity (Wildman–Crippen MR) is 104 cm³/mol. The molecule has 1 atom stereocenters. The maximum atomic E-state index is 12.2. The Morgan fingerprint density at radius 1 is 0.923 bits per heavy atom. The molecule has 0 aliphatic carbocycles. The Bertz CT molecular complexity index is 555. The minimum atomic E-state index is -0.363. The van der Waals surface area contributed by atoms with Gasteiger partial charge in [-0.05, 0) is 49.4 Å². The van der Waals surface area contributed by atoms with Crippen molar-refractivity contribution < 1.29 is 19.1 Å². The normalized spacial score (nSPS) is 12.5. The van der Waals surface area contributed by atoms with Gasteiger partial charge in [0.25, 0.3) is 0 Å². The van der Waals surface area contributed by atoms with Crippen LogP contribution in [0.3, 0.4) is 0 Å². The first-order valence-corrected chi connectivity index (χ1v) is 9.71. The van der Waals surface area contributed by atoms with E-state index in [1.165, 1.54) is 19.3 Å². The second kappa shape index (κ2) is 11.0. The summed E-state index contributed by atoms with van der Waals surface area (Å²) in [5.74, 6) is -0.709. The maximum Gasteiger partial charge on any atom is 0.338 e. The van der Waals surface area contributed by atoms with E-state index in [1.807, 2.05) is 6.92 Å². The third-order valence-corrected chi connectivity index (χ3v) is 4.05. The summed E-state index contributed by atoms with van der Waals surface area (Å²) < 4.78 is 10.7. The number of carbonyl (C=O) groups excluding carboxylic acids is 2. The molecule has 1 rings (SSSR count). The van der Waals surface area contributed by atoms with E-state index in [0.29, 0.717) is 17.7 Å². The Morgan fingerprint density at radius 2 is 1.46 bits per heavy atom. The van der Waals surface area contributed by atoms with Crippen LogP contribution in [0.1, 0.15) is 93.9 Å². The Balaban J connectivity index is 2.44. The second-order valence-electron chi connectivity index (χ2n) is 8.11. The first kappa shape index (κ1) is 22.2. The Hall–Kier alpha value is -1.84. The van der Waals surface area contributed by atoms with Crippen LogP contribution in [0.2, 0.25) is 0 Å². The first-order valence-electron chi connectivity index (χ1n) is 9.71. The molecule has 0 amide bonds. The molecule has 4 heteroatoms. The van der Waals surface area contributed by atoms with Crippen molar-refractivity contribution in [3.8, 4) is 0 Å². The molecule has 146 valence electrons. The quantitative estimate of drug-likeness (QED) is 0.390. The summed E-state index contributed by atoms with van der Waals surface area (Å²) in [6.07, 6.45) is 6.21. The average Bonchev–Trinajstić information content (AvgIpc) is 2.56. The van der Waals surface area contributed by atoms with Crippen molar-refractivity contribution >= 4 is 11.9 Å². The molecule has 1 aromatic carbocycles. The molecule has 0 aliphatic rings. The standard InChI is InChI=1S/C22H34O4/c1-6-7-8-9-10-15-25-20(23)18-11-13-19(14-12-18)21(24)26-17(2)16-22(3,4)5/h11-14,17H,6-10,15-16H2,1-5H3. The van der Waals surface area contributed by atoms with E-state index in [9.17, 15) is 9.59 Å². The molecule has 0 N–H and O–H groups in total. The number of rotatable bonds is 10. The van der Waals surface area contributed by atoms with Gasteiger partial charge in [0, 0.05) is 0 Å². The van der Waals surface area contributed by atoms with Crippen molar-refractivity contribution in [2.24, 2.45) is 5.41 Å². The van der Waals surface area contributed by atoms with E-state index in [4.69, 9.17) is 9.47 Å². The lowest BCUT2D eigenvalue weighted by Crippen LogP contribution is -2.21. The molecular weight excluding hydrogens is 328 g/mol. The molecule has 0 saturated carbocycles. The van der Waals surface area contributed by atoms with E-state index in [0.717, 1.165) is 19.3 Å². The SMILES string of the molecule is CCCCCCCOC(=O)c1ccc(C(=O)OC(C)CC(C)(C)C)cc1. The number of carbonyl (C=O) groups is 2. The highest BCUT2D eigenvalue weighted by Gasteiger charge is 2.19. The number of esters is 2. The van der Waals surface area contributed by atoms with Gasteiger partial charge in [-0.1, -0.05) is 53.4 Å². The fourth-order valence-electron chi connectivity index (χ4n) is 2.85. The highest BCUT2D eigenvalue weighted by atomic mass is 16.5. The Labute approximate surface area is 158 Å². The van der Waals surface area contributed by atoms with Crippen LogP contribution in [0, 0.1) is 5.41 Å². The summed E-state index contributed by atoms with van der Waals surface area (Å²) in [4.78, 5) is 24.2. The minimum Gasteiger partial charge on any atom is -0.462 e. The van der Waals surface area contributed by atoms with Gasteiger partial charge in [-0.2, -0.15) is 0 Å². The molecule has 4 nitrogen and oxygen atoms in total. The van der Waals surface area contributed by atoms with Crippen molar-refractivity contribution in [2.45, 2.75) is 79.2 Å². The summed E-state index contributed by atoms with van der Waals surface area (Å²) in [5, 5.41) is 0. The molecule has 0 fully saturated rings. The Kier molecular flexibility index (Phi) is 9.39. The fraction of sp³-hybridized carbons (Fsp3) is 0.636. The van der Waals surface area contributed by atoms with Crippen LogP contribution >= 0.6 is 0 Å². The second-order valence-corrected chi connectivity index (χ2v) is 8.11. The van der Waals surface area contributed by atoms with Crippen LogP contribution in [0.4, 0.5) is 0 Å². The van der Waals surface area contributed by atoms with Crippen LogP contribution < -0.4 is 0 Å². The van der Waals surface area contributed by atoms with Gasteiger partial charge in [0.1, 0.15) is 0 Å². The number of hydrogen-bond donors (Lipinski definition) is 0. The molecule has 0 saturated heterocycles. The zero-order chi connectivity index (χ0) is 19.6. The van der Waals surface area contributed by atoms with Crippen molar-refractivity contribution in [2.75, 3.05) is 6.61 Å². The average molecular weight is 363 g/mol. The molecule has 1 unspecified atom stereocenters. The van der Waals surface area contributed by atoms with Gasteiger partial charge in [-0.3, -0.25) is 0 Å². The van der Waals surface area contributed by atoms with Gasteiger partial charge < -0.3 is 9.47 Å². The van der Waals surface area contributed by atoms with E-state index >= 15 is 0 Å². The van der Waals surface area contributed by atoms with Crippen LogP contribution in [-0.2, 0) is 9.47 Å². The molecule has 0 heterocycles. The zero-order valence-corrected chi connectivity index (χ0v) is 17.0. The molecule has 26 heavy (non-hydrogen) atoms. The summed E-state index contributed by atoms with van der Waals surface area (Å²) in [6, 6.07) is 6.46. The van der Waals surface area contributed by atoms with Gasteiger partial charge in [0.15, 0.2) is 0 Å². The molecular formula is C22H34O4. The third-order valence-electron chi connectivity index (χ3n) is 4.05. The monoisotopic (exact) mass is 362 g/mol. The molecule has 0 aromatic heterocycles. The number of unbranched alkanes of at least 4 members (excludes halogenated alkanes) is 4. The lowest BCUT2D eigenvalue weighted by Gasteiger charge is -2.23. The predicted octanol–water partition coefficient (Wildman–Crippen LogP) is 5.80. The minimum absolute atomic E-state index is 0.101. The highest BCUT2D eigenvalue weighted by Crippen LogP contribution is 2.22. The third kappa shape index (κ3) is 9.02. The van der Waals surface area contributed by atoms with Crippen molar-refractivity contribution in [1.29, 1.82) is 0 Å². The smallest absolute Gasteiger partial charge is 0.338 e. The Morgan fingerprint density at radius 3 is 2.00 bits per heavy atom. The van der Waals surface area contributed by atoms with Gasteiger partial charge in [0.05, 0.1) is 23.8 Å². The first-order chi connectivity index (χ1) is 12.2. The zero-order valence-electron chi connectivity index (χ0n) is 17.0. The number of ether oxygens (including phenoxy) is 2. The fourth-order valence-corrected chi connectivity index (χ4v) is 2.85. The summed E-state index contributed by atoms with van der Waals surface area (Å²) >= 11 is 0. The molecule has 0 bridgehead atoms. The van der Waals surface area contributed by atoms with Crippen LogP contribution in [-0.4, -0.2) is 24.6 Å². The maximum absolute atomic E-state index is 12.2. The van der Waals surface area contributed by atoms with Crippen LogP contribution in [0.5, 0.6) is 0 Å². The van der Waals surface area contributed by atoms with Crippen LogP contribution in [0.25, 0.3) is 0 Å². The van der Waals surface area contributed by atoms with Gasteiger partial charge in [-0.15, -0.1) is 0 Å². The van der Waals surface area contributed by atoms with E-state index < -0.39 is 0 Å². The molecule has 0 aliphatic heterocycles. The largest absolute Gasteiger partial charge is 0.462 e. The van der Waals surface area contributed by atoms with E-state index in [2.05, 4.69) is 27.7 Å². The topological polar surface area (TPSA) is 52.6 Å². The highest BCUT2D eigenvalue weighted by molar-refractivity contribution is 5.93. The van der Waals surface area contributed by atoms with Crippen molar-refractivity contribution in [3.05, 3.63) is 35.4 Å². The lowest BCUT2D eigenvalue weighted by molar-refractivity contribution is 0.0252. The number of hydrogen-bond acceptors (Lipinski definition) is 4. The molecule has 0 radical (unpaired) electrons. The summed E-state index contributed by atoms with van der Waals surface area (Å²) in [7, 11) is 0. The van der Waals surface area contributed by atoms with E-state index in [-0.39, 0.29) is 23.5 Å². The molecule has 0 spiro atoms. The lowest BCUT2D eigenvalue weighted by atomic mass is 9.90. The number of benzene rings is 1. The van der Waals surface area contributed by atoms with Gasteiger partial charge >= 0.3 is 11.9 Å². The van der Waals surface area contributed by atoms with Crippen LogP contribution in [0.15, 0.2) is 24.3 Å². The van der Waals surface area contributed by atoms with Crippen molar-refractivity contribution in [3.63, 3.8) is 0 Å². The van der Waals surface area contributed by atoms with E-state index in [1.54, 1.807) is 24.3 Å².